The van der Waals surface area contributed by atoms with Gasteiger partial charge in [0.25, 0.3) is 0 Å². The lowest BCUT2D eigenvalue weighted by Crippen LogP contribution is -2.34. The fourth-order valence-electron chi connectivity index (χ4n) is 4.98. The van der Waals surface area contributed by atoms with Gasteiger partial charge in [-0.25, -0.2) is 15.0 Å². The van der Waals surface area contributed by atoms with E-state index in [1.54, 1.807) is 6.20 Å². The zero-order valence-corrected chi connectivity index (χ0v) is 20.4. The number of benzene rings is 1. The summed E-state index contributed by atoms with van der Waals surface area (Å²) in [5.74, 6) is 2.46. The fourth-order valence-corrected chi connectivity index (χ4v) is 4.98. The van der Waals surface area contributed by atoms with Gasteiger partial charge in [0.2, 0.25) is 5.95 Å². The van der Waals surface area contributed by atoms with Crippen LogP contribution in [0.15, 0.2) is 54.9 Å². The third-order valence-electron chi connectivity index (χ3n) is 7.17. The number of ketones is 1. The van der Waals surface area contributed by atoms with Crippen LogP contribution in [0.3, 0.4) is 0 Å². The van der Waals surface area contributed by atoms with Gasteiger partial charge in [0, 0.05) is 49.1 Å². The summed E-state index contributed by atoms with van der Waals surface area (Å²) in [6, 6.07) is 14.4. The molecule has 1 atom stereocenters. The van der Waals surface area contributed by atoms with E-state index in [2.05, 4.69) is 50.6 Å². The minimum atomic E-state index is 0.119. The maximum atomic E-state index is 12.8. The normalized spacial score (nSPS) is 23.3. The number of pyridine rings is 1. The van der Waals surface area contributed by atoms with Gasteiger partial charge < -0.3 is 10.6 Å². The van der Waals surface area contributed by atoms with Crippen molar-refractivity contribution in [3.8, 4) is 11.3 Å². The first-order valence-electron chi connectivity index (χ1n) is 12.8. The highest BCUT2D eigenvalue weighted by Crippen LogP contribution is 2.26. The van der Waals surface area contributed by atoms with Crippen molar-refractivity contribution in [3.05, 3.63) is 60.4 Å². The number of hydrogen-bond acceptors (Lipinski definition) is 7. The number of carbonyl (C=O) groups excluding carboxylic acids is 1. The Balaban J connectivity index is 1.36. The van der Waals surface area contributed by atoms with Crippen molar-refractivity contribution in [1.29, 1.82) is 0 Å². The van der Waals surface area contributed by atoms with E-state index < -0.39 is 0 Å². The molecule has 7 nitrogen and oxygen atoms in total. The van der Waals surface area contributed by atoms with Crippen LogP contribution in [0.5, 0.6) is 0 Å². The Hall–Kier alpha value is -3.32. The predicted octanol–water partition coefficient (Wildman–Crippen LogP) is 5.30. The Morgan fingerprint density at radius 1 is 1.03 bits per heavy atom. The summed E-state index contributed by atoms with van der Waals surface area (Å²) < 4.78 is 0. The molecule has 1 saturated heterocycles. The summed E-state index contributed by atoms with van der Waals surface area (Å²) in [6.07, 6.45) is 8.39. The standard InChI is InChI=1S/C28H34N6O/c1-20-4-3-12-29-27-8-7-23(18-31-27)25-9-13-30-28(33-25)32-24-6-2-5-22(16-24)19-34-14-10-21(11-15-34)17-26(20)35/h2,5-9,13,16,18,20-21H,3-4,10-12,14-15,17,19H2,1H3,(H,29,31)(H,30,32,33). The van der Waals surface area contributed by atoms with Gasteiger partial charge in [-0.1, -0.05) is 19.1 Å². The lowest BCUT2D eigenvalue weighted by molar-refractivity contribution is -0.123. The number of anilines is 3. The van der Waals surface area contributed by atoms with E-state index in [1.807, 2.05) is 30.5 Å². The summed E-state index contributed by atoms with van der Waals surface area (Å²) in [5.41, 5.74) is 4.01. The van der Waals surface area contributed by atoms with E-state index in [9.17, 15) is 4.79 Å². The summed E-state index contributed by atoms with van der Waals surface area (Å²) in [5, 5.41) is 6.74. The first-order chi connectivity index (χ1) is 17.1. The van der Waals surface area contributed by atoms with Crippen LogP contribution in [0.2, 0.25) is 0 Å². The van der Waals surface area contributed by atoms with Crippen LogP contribution in [0, 0.1) is 11.8 Å². The molecule has 5 aliphatic heterocycles. The molecule has 1 unspecified atom stereocenters. The second-order valence-corrected chi connectivity index (χ2v) is 9.88. The van der Waals surface area contributed by atoms with E-state index >= 15 is 0 Å². The molecule has 7 heteroatoms. The SMILES string of the molecule is CC1CCCNc2ccc(cn2)-c2ccnc(n2)Nc2cccc(c2)CN2CCC(CC2)CC1=O. The Morgan fingerprint density at radius 3 is 2.74 bits per heavy atom. The molecular formula is C28H34N6O. The Labute approximate surface area is 207 Å². The highest BCUT2D eigenvalue weighted by molar-refractivity contribution is 5.80. The van der Waals surface area contributed by atoms with E-state index in [1.165, 1.54) is 5.56 Å². The largest absolute Gasteiger partial charge is 0.370 e. The lowest BCUT2D eigenvalue weighted by Gasteiger charge is -2.32. The van der Waals surface area contributed by atoms with Gasteiger partial charge in [-0.2, -0.15) is 0 Å². The minimum Gasteiger partial charge on any atom is -0.370 e. The van der Waals surface area contributed by atoms with Crippen LogP contribution in [-0.4, -0.2) is 45.3 Å². The van der Waals surface area contributed by atoms with E-state index in [0.717, 1.165) is 81.0 Å². The molecule has 2 aromatic heterocycles. The molecule has 0 radical (unpaired) electrons. The van der Waals surface area contributed by atoms with Crippen LogP contribution in [0.25, 0.3) is 11.3 Å². The molecule has 1 aromatic carbocycles. The van der Waals surface area contributed by atoms with Gasteiger partial charge >= 0.3 is 0 Å². The molecule has 3 aromatic rings. The van der Waals surface area contributed by atoms with Crippen molar-refractivity contribution in [2.75, 3.05) is 30.3 Å². The highest BCUT2D eigenvalue weighted by atomic mass is 16.1. The van der Waals surface area contributed by atoms with Crippen molar-refractivity contribution >= 4 is 23.2 Å². The van der Waals surface area contributed by atoms with Crippen molar-refractivity contribution in [2.24, 2.45) is 11.8 Å². The van der Waals surface area contributed by atoms with Crippen molar-refractivity contribution in [3.63, 3.8) is 0 Å². The van der Waals surface area contributed by atoms with Gasteiger partial charge in [0.15, 0.2) is 0 Å². The first-order valence-corrected chi connectivity index (χ1v) is 12.8. The number of carbonyl (C=O) groups is 1. The first kappa shape index (κ1) is 23.4. The van der Waals surface area contributed by atoms with Crippen molar-refractivity contribution in [2.45, 2.75) is 45.6 Å². The number of nitrogens with one attached hydrogen (secondary N) is 2. The molecule has 7 heterocycles. The van der Waals surface area contributed by atoms with Crippen LogP contribution in [0.4, 0.5) is 17.5 Å². The number of rotatable bonds is 0. The minimum absolute atomic E-state index is 0.119. The molecule has 182 valence electrons. The molecule has 8 bridgehead atoms. The van der Waals surface area contributed by atoms with Crippen LogP contribution >= 0.6 is 0 Å². The predicted molar refractivity (Wildman–Crippen MR) is 140 cm³/mol. The van der Waals surface area contributed by atoms with Gasteiger partial charge in [-0.15, -0.1) is 0 Å². The van der Waals surface area contributed by atoms with Gasteiger partial charge in [0.05, 0.1) is 5.69 Å². The third-order valence-corrected chi connectivity index (χ3v) is 7.17. The Bertz CT molecular complexity index is 1140. The second-order valence-electron chi connectivity index (χ2n) is 9.88. The number of Topliss-reactive ketones (excluding diaryl/α,β-unsaturated/α-hetero) is 1. The van der Waals surface area contributed by atoms with Crippen molar-refractivity contribution < 1.29 is 4.79 Å². The topological polar surface area (TPSA) is 83.0 Å². The highest BCUT2D eigenvalue weighted by Gasteiger charge is 2.23. The molecule has 0 aliphatic carbocycles. The van der Waals surface area contributed by atoms with Gasteiger partial charge in [-0.05, 0) is 80.6 Å². The second kappa shape index (κ2) is 11.0. The number of piperidine rings is 1. The molecule has 8 rings (SSSR count). The van der Waals surface area contributed by atoms with Crippen LogP contribution in [-0.2, 0) is 11.3 Å². The summed E-state index contributed by atoms with van der Waals surface area (Å²) >= 11 is 0. The lowest BCUT2D eigenvalue weighted by atomic mass is 9.87. The van der Waals surface area contributed by atoms with E-state index in [0.29, 0.717) is 17.6 Å². The number of aromatic nitrogens is 3. The number of nitrogens with zero attached hydrogens (tertiary/aromatic N) is 4. The maximum absolute atomic E-state index is 12.8. The average molecular weight is 471 g/mol. The summed E-state index contributed by atoms with van der Waals surface area (Å²) in [7, 11) is 0. The van der Waals surface area contributed by atoms with Gasteiger partial charge in [0.1, 0.15) is 11.6 Å². The zero-order chi connectivity index (χ0) is 24.0. The fraction of sp³-hybridized carbons (Fsp3) is 0.429. The molecule has 5 aliphatic rings. The van der Waals surface area contributed by atoms with Gasteiger partial charge in [-0.3, -0.25) is 9.69 Å². The quantitative estimate of drug-likeness (QED) is 0.462. The molecule has 1 fully saturated rings. The molecule has 35 heavy (non-hydrogen) atoms. The smallest absolute Gasteiger partial charge is 0.227 e. The maximum Gasteiger partial charge on any atom is 0.227 e. The Morgan fingerprint density at radius 2 is 1.91 bits per heavy atom. The third kappa shape index (κ3) is 6.22. The average Bonchev–Trinajstić information content (AvgIpc) is 2.88. The monoisotopic (exact) mass is 470 g/mol. The molecule has 0 saturated carbocycles. The van der Waals surface area contributed by atoms with E-state index in [-0.39, 0.29) is 5.92 Å². The number of hydrogen-bond donors (Lipinski definition) is 2. The zero-order valence-electron chi connectivity index (χ0n) is 20.4. The molecule has 2 N–H and O–H groups in total. The van der Waals surface area contributed by atoms with Crippen molar-refractivity contribution in [1.82, 2.24) is 19.9 Å². The molecular weight excluding hydrogens is 436 g/mol. The van der Waals surface area contributed by atoms with Crippen LogP contribution < -0.4 is 10.6 Å². The summed E-state index contributed by atoms with van der Waals surface area (Å²) in [4.78, 5) is 29.0. The van der Waals surface area contributed by atoms with Crippen LogP contribution in [0.1, 0.15) is 44.6 Å². The summed E-state index contributed by atoms with van der Waals surface area (Å²) in [6.45, 7) is 5.90. The van der Waals surface area contributed by atoms with E-state index in [4.69, 9.17) is 4.98 Å². The molecule has 0 amide bonds. The molecule has 0 spiro atoms. The Kier molecular flexibility index (Phi) is 7.33.